The number of aliphatic hydroxyl groups is 1. The Labute approximate surface area is 83.0 Å². The van der Waals surface area contributed by atoms with E-state index >= 15 is 0 Å². The molecule has 0 aliphatic carbocycles. The van der Waals surface area contributed by atoms with Crippen molar-refractivity contribution in [3.05, 3.63) is 19.6 Å². The van der Waals surface area contributed by atoms with Gasteiger partial charge in [0.2, 0.25) is 0 Å². The Balaban J connectivity index is -0.0000000910. The first kappa shape index (κ1) is 16.6. The van der Waals surface area contributed by atoms with Gasteiger partial charge >= 0.3 is 35.5 Å². The minimum absolute atomic E-state index is 0. The predicted molar refractivity (Wildman–Crippen MR) is 34.9 cm³/mol. The molecule has 0 heterocycles. The average molecular weight is 154 g/mol. The Hall–Kier alpha value is 0.170. The summed E-state index contributed by atoms with van der Waals surface area (Å²) >= 11 is 0. The molecule has 0 rings (SSSR count). The predicted octanol–water partition coefficient (Wildman–Crippen LogP) is -2.54. The largest absolute Gasteiger partial charge is 1.00 e. The molecule has 0 spiro atoms. The van der Waals surface area contributed by atoms with E-state index in [9.17, 15) is 4.79 Å². The van der Waals surface area contributed by atoms with Gasteiger partial charge in [-0.15, -0.1) is 0 Å². The third kappa shape index (κ3) is 41.8. The van der Waals surface area contributed by atoms with Crippen LogP contribution in [-0.4, -0.2) is 22.8 Å². The standard InChI is InChI=1S/C3H4O2.C3H7O.Na/c1-2-3(4)5;1-2-3-4;/h2H,1H2,(H,4,5);4H,1-3H2;/q;-1;+1. The molecule has 4 heteroatoms. The van der Waals surface area contributed by atoms with Crippen LogP contribution in [0, 0.1) is 6.92 Å². The van der Waals surface area contributed by atoms with E-state index in [0.717, 1.165) is 6.08 Å². The van der Waals surface area contributed by atoms with Crippen molar-refractivity contribution in [2.24, 2.45) is 0 Å². The molecule has 0 amide bonds. The Morgan fingerprint density at radius 1 is 1.70 bits per heavy atom. The summed E-state index contributed by atoms with van der Waals surface area (Å²) in [5.74, 6) is -0.981. The van der Waals surface area contributed by atoms with Gasteiger partial charge in [0, 0.05) is 12.7 Å². The van der Waals surface area contributed by atoms with Gasteiger partial charge in [-0.2, -0.15) is 6.42 Å². The molecular formula is C6H11NaO3. The zero-order valence-electron chi connectivity index (χ0n) is 6.21. The van der Waals surface area contributed by atoms with Crippen molar-refractivity contribution in [1.29, 1.82) is 0 Å². The molecule has 0 fully saturated rings. The second kappa shape index (κ2) is 16.1. The fraction of sp³-hybridized carbons (Fsp3) is 0.333. The molecule has 0 atom stereocenters. The zero-order valence-corrected chi connectivity index (χ0v) is 8.21. The maximum atomic E-state index is 9.25. The van der Waals surface area contributed by atoms with Gasteiger partial charge in [0.05, 0.1) is 0 Å². The van der Waals surface area contributed by atoms with Gasteiger partial charge in [0.1, 0.15) is 0 Å². The minimum Gasteiger partial charge on any atom is -0.478 e. The number of rotatable bonds is 2. The summed E-state index contributed by atoms with van der Waals surface area (Å²) in [6.45, 7) is 6.52. The molecule has 0 bridgehead atoms. The zero-order chi connectivity index (χ0) is 7.70. The normalized spacial score (nSPS) is 6.20. The van der Waals surface area contributed by atoms with Crippen molar-refractivity contribution in [1.82, 2.24) is 0 Å². The van der Waals surface area contributed by atoms with Crippen molar-refractivity contribution in [3.8, 4) is 0 Å². The second-order valence-electron chi connectivity index (χ2n) is 1.12. The van der Waals surface area contributed by atoms with Gasteiger partial charge in [-0.25, -0.2) is 4.79 Å². The van der Waals surface area contributed by atoms with Gasteiger partial charge in [-0.1, -0.05) is 6.58 Å². The van der Waals surface area contributed by atoms with Gasteiger partial charge in [-0.05, 0) is 0 Å². The first-order valence-corrected chi connectivity index (χ1v) is 2.44. The number of aliphatic hydroxyl groups excluding tert-OH is 1. The Bertz CT molecular complexity index is 81.1. The topological polar surface area (TPSA) is 57.5 Å². The molecule has 0 saturated carbocycles. The number of carboxylic acid groups (broad SMARTS) is 1. The van der Waals surface area contributed by atoms with Crippen LogP contribution in [0.4, 0.5) is 0 Å². The van der Waals surface area contributed by atoms with Crippen LogP contribution < -0.4 is 29.6 Å². The molecular weight excluding hydrogens is 143 g/mol. The third-order valence-corrected chi connectivity index (χ3v) is 0.333. The monoisotopic (exact) mass is 154 g/mol. The van der Waals surface area contributed by atoms with Gasteiger partial charge < -0.3 is 17.1 Å². The van der Waals surface area contributed by atoms with E-state index in [2.05, 4.69) is 13.5 Å². The quantitative estimate of drug-likeness (QED) is 0.262. The molecule has 54 valence electrons. The minimum atomic E-state index is -0.981. The van der Waals surface area contributed by atoms with Gasteiger partial charge in [0.25, 0.3) is 0 Å². The average Bonchev–Trinajstić information content (AvgIpc) is 1.89. The van der Waals surface area contributed by atoms with Crippen molar-refractivity contribution in [2.75, 3.05) is 6.61 Å². The van der Waals surface area contributed by atoms with Crippen LogP contribution in [0.15, 0.2) is 12.7 Å². The fourth-order valence-electron chi connectivity index (χ4n) is 0. The summed E-state index contributed by atoms with van der Waals surface area (Å²) in [6.07, 6.45) is 1.46. The molecule has 10 heavy (non-hydrogen) atoms. The Morgan fingerprint density at radius 2 is 1.90 bits per heavy atom. The SMILES string of the molecule is C=CC(=O)O.[CH2-]CCO.[Na+]. The Kier molecular flexibility index (Phi) is 26.7. The van der Waals surface area contributed by atoms with Crippen LogP contribution in [-0.2, 0) is 4.79 Å². The van der Waals surface area contributed by atoms with Gasteiger partial charge in [0.15, 0.2) is 0 Å². The van der Waals surface area contributed by atoms with Crippen molar-refractivity contribution in [3.63, 3.8) is 0 Å². The summed E-state index contributed by atoms with van der Waals surface area (Å²) in [6, 6.07) is 0. The fourth-order valence-corrected chi connectivity index (χ4v) is 0. The molecule has 0 aliphatic heterocycles. The van der Waals surface area contributed by atoms with Crippen LogP contribution in [0.5, 0.6) is 0 Å². The molecule has 3 nitrogen and oxygen atoms in total. The summed E-state index contributed by atoms with van der Waals surface area (Å²) in [5, 5.41) is 15.4. The Morgan fingerprint density at radius 3 is 1.90 bits per heavy atom. The third-order valence-electron chi connectivity index (χ3n) is 0.333. The van der Waals surface area contributed by atoms with Crippen molar-refractivity contribution < 1.29 is 44.6 Å². The number of carboxylic acids is 1. The van der Waals surface area contributed by atoms with E-state index in [1.54, 1.807) is 0 Å². The summed E-state index contributed by atoms with van der Waals surface area (Å²) < 4.78 is 0. The van der Waals surface area contributed by atoms with Crippen LogP contribution >= 0.6 is 0 Å². The maximum Gasteiger partial charge on any atom is 1.00 e. The molecule has 0 saturated heterocycles. The molecule has 0 aromatic heterocycles. The molecule has 0 aliphatic rings. The number of hydrogen-bond donors (Lipinski definition) is 2. The molecule has 0 aromatic carbocycles. The first-order valence-electron chi connectivity index (χ1n) is 2.44. The van der Waals surface area contributed by atoms with Crippen LogP contribution in [0.3, 0.4) is 0 Å². The van der Waals surface area contributed by atoms with Crippen molar-refractivity contribution >= 4 is 5.97 Å². The summed E-state index contributed by atoms with van der Waals surface area (Å²) in [4.78, 5) is 9.25. The number of carbonyl (C=O) groups is 1. The molecule has 0 unspecified atom stereocenters. The van der Waals surface area contributed by atoms with E-state index < -0.39 is 5.97 Å². The van der Waals surface area contributed by atoms with E-state index in [0.29, 0.717) is 6.42 Å². The van der Waals surface area contributed by atoms with Crippen LogP contribution in [0.2, 0.25) is 0 Å². The van der Waals surface area contributed by atoms with Crippen LogP contribution in [0.1, 0.15) is 6.42 Å². The second-order valence-corrected chi connectivity index (χ2v) is 1.12. The number of aliphatic carboxylic acids is 1. The van der Waals surface area contributed by atoms with Gasteiger partial charge in [-0.3, -0.25) is 0 Å². The maximum absolute atomic E-state index is 9.25. The summed E-state index contributed by atoms with van der Waals surface area (Å²) in [5.41, 5.74) is 0. The molecule has 0 aromatic rings. The first-order chi connectivity index (χ1) is 4.18. The smallest absolute Gasteiger partial charge is 0.478 e. The molecule has 0 radical (unpaired) electrons. The van der Waals surface area contributed by atoms with E-state index in [4.69, 9.17) is 10.2 Å². The molecule has 2 N–H and O–H groups in total. The van der Waals surface area contributed by atoms with Crippen molar-refractivity contribution in [2.45, 2.75) is 6.42 Å². The van der Waals surface area contributed by atoms with E-state index in [1.165, 1.54) is 0 Å². The van der Waals surface area contributed by atoms with E-state index in [1.807, 2.05) is 0 Å². The van der Waals surface area contributed by atoms with E-state index in [-0.39, 0.29) is 36.2 Å². The van der Waals surface area contributed by atoms with Crippen LogP contribution in [0.25, 0.3) is 0 Å². The summed E-state index contributed by atoms with van der Waals surface area (Å²) in [7, 11) is 0. The number of hydrogen-bond acceptors (Lipinski definition) is 2.